The molecule has 0 aliphatic carbocycles. The molecule has 3 aromatic rings. The number of aromatic nitrogens is 3. The van der Waals surface area contributed by atoms with Crippen molar-refractivity contribution in [1.82, 2.24) is 15.0 Å². The summed E-state index contributed by atoms with van der Waals surface area (Å²) in [6.45, 7) is 4.19. The number of pyridine rings is 1. The summed E-state index contributed by atoms with van der Waals surface area (Å²) in [7, 11) is 0. The van der Waals surface area contributed by atoms with Gasteiger partial charge in [0.25, 0.3) is 5.56 Å². The molecule has 0 unspecified atom stereocenters. The molecule has 5 heteroatoms. The van der Waals surface area contributed by atoms with Crippen molar-refractivity contribution in [3.8, 4) is 22.8 Å². The van der Waals surface area contributed by atoms with Gasteiger partial charge in [-0.3, -0.25) is 9.78 Å². The van der Waals surface area contributed by atoms with Crippen LogP contribution in [-0.4, -0.2) is 15.0 Å². The van der Waals surface area contributed by atoms with Crippen LogP contribution in [0.1, 0.15) is 25.3 Å². The molecule has 3 rings (SSSR count). The van der Waals surface area contributed by atoms with Crippen molar-refractivity contribution in [2.45, 2.75) is 19.8 Å². The smallest absolute Gasteiger partial charge is 0.251 e. The van der Waals surface area contributed by atoms with Gasteiger partial charge in [-0.25, -0.2) is 4.98 Å². The molecule has 0 atom stereocenters. The number of hydrogen-bond acceptors (Lipinski definition) is 4. The predicted octanol–water partition coefficient (Wildman–Crippen LogP) is 3.20. The van der Waals surface area contributed by atoms with Crippen LogP contribution in [-0.2, 0) is 0 Å². The van der Waals surface area contributed by atoms with Gasteiger partial charge >= 0.3 is 0 Å². The minimum Gasteiger partial charge on any atom is -0.398 e. The molecular weight excluding hydrogens is 288 g/mol. The zero-order valence-corrected chi connectivity index (χ0v) is 13.1. The maximum Gasteiger partial charge on any atom is 0.251 e. The first-order chi connectivity index (χ1) is 11.0. The van der Waals surface area contributed by atoms with E-state index in [1.807, 2.05) is 30.3 Å². The maximum absolute atomic E-state index is 12.0. The van der Waals surface area contributed by atoms with Crippen LogP contribution in [0.15, 0.2) is 53.5 Å². The van der Waals surface area contributed by atoms with Gasteiger partial charge in [0.2, 0.25) is 0 Å². The number of anilines is 1. The van der Waals surface area contributed by atoms with Gasteiger partial charge in [0.05, 0.1) is 5.69 Å². The van der Waals surface area contributed by atoms with E-state index in [-0.39, 0.29) is 5.56 Å². The normalized spacial score (nSPS) is 10.9. The van der Waals surface area contributed by atoms with Crippen LogP contribution in [0.25, 0.3) is 22.8 Å². The molecule has 5 nitrogen and oxygen atoms in total. The average molecular weight is 306 g/mol. The minimum atomic E-state index is -0.220. The maximum atomic E-state index is 12.0. The summed E-state index contributed by atoms with van der Waals surface area (Å²) in [6.07, 6.45) is 1.66. The summed E-state index contributed by atoms with van der Waals surface area (Å²) < 4.78 is 0. The Morgan fingerprint density at radius 1 is 1.09 bits per heavy atom. The number of rotatable bonds is 3. The number of aromatic amines is 1. The summed E-state index contributed by atoms with van der Waals surface area (Å²) >= 11 is 0. The monoisotopic (exact) mass is 306 g/mol. The van der Waals surface area contributed by atoms with Gasteiger partial charge < -0.3 is 10.7 Å². The lowest BCUT2D eigenvalue weighted by Gasteiger charge is -2.11. The van der Waals surface area contributed by atoms with Crippen molar-refractivity contribution in [1.29, 1.82) is 0 Å². The lowest BCUT2D eigenvalue weighted by molar-refractivity contribution is 0.870. The summed E-state index contributed by atoms with van der Waals surface area (Å²) in [5.74, 6) is 0.792. The molecule has 23 heavy (non-hydrogen) atoms. The molecule has 0 saturated carbocycles. The second kappa shape index (κ2) is 6.04. The number of nitrogen functional groups attached to an aromatic ring is 1. The Morgan fingerprint density at radius 3 is 2.57 bits per heavy atom. The van der Waals surface area contributed by atoms with E-state index in [9.17, 15) is 4.79 Å². The highest BCUT2D eigenvalue weighted by Crippen LogP contribution is 2.27. The standard InChI is InChI=1S/C18H18N4O/c1-11(2)13-7-6-12(9-14(13)19)16-10-17(23)22-18(21-16)15-5-3-4-8-20-15/h3-11H,19H2,1-2H3,(H,21,22,23). The van der Waals surface area contributed by atoms with Crippen molar-refractivity contribution in [3.05, 3.63) is 64.6 Å². The summed E-state index contributed by atoms with van der Waals surface area (Å²) in [5, 5.41) is 0. The summed E-state index contributed by atoms with van der Waals surface area (Å²) in [5.41, 5.74) is 9.71. The molecule has 2 aromatic heterocycles. The second-order valence-electron chi connectivity index (χ2n) is 5.69. The lowest BCUT2D eigenvalue weighted by Crippen LogP contribution is -2.09. The third-order valence-corrected chi connectivity index (χ3v) is 3.65. The molecule has 0 saturated heterocycles. The fraction of sp³-hybridized carbons (Fsp3) is 0.167. The van der Waals surface area contributed by atoms with Gasteiger partial charge in [-0.15, -0.1) is 0 Å². The largest absolute Gasteiger partial charge is 0.398 e. The predicted molar refractivity (Wildman–Crippen MR) is 92.0 cm³/mol. The van der Waals surface area contributed by atoms with Crippen LogP contribution in [0.2, 0.25) is 0 Å². The fourth-order valence-electron chi connectivity index (χ4n) is 2.49. The van der Waals surface area contributed by atoms with E-state index in [1.165, 1.54) is 6.07 Å². The molecule has 3 N–H and O–H groups in total. The summed E-state index contributed by atoms with van der Waals surface area (Å²) in [6, 6.07) is 12.7. The molecule has 0 bridgehead atoms. The van der Waals surface area contributed by atoms with Gasteiger partial charge in [-0.2, -0.15) is 0 Å². The van der Waals surface area contributed by atoms with Gasteiger partial charge in [0, 0.05) is 23.5 Å². The minimum absolute atomic E-state index is 0.220. The number of benzene rings is 1. The number of hydrogen-bond donors (Lipinski definition) is 2. The van der Waals surface area contributed by atoms with Crippen LogP contribution in [0.3, 0.4) is 0 Å². The van der Waals surface area contributed by atoms with E-state index in [0.717, 1.165) is 11.1 Å². The highest BCUT2D eigenvalue weighted by molar-refractivity contribution is 5.67. The summed E-state index contributed by atoms with van der Waals surface area (Å²) in [4.78, 5) is 23.4. The number of nitrogens with zero attached hydrogens (tertiary/aromatic N) is 2. The molecule has 2 heterocycles. The third-order valence-electron chi connectivity index (χ3n) is 3.65. The Hall–Kier alpha value is -2.95. The highest BCUT2D eigenvalue weighted by Gasteiger charge is 2.10. The van der Waals surface area contributed by atoms with Gasteiger partial charge in [-0.05, 0) is 29.7 Å². The Balaban J connectivity index is 2.09. The molecule has 0 aliphatic rings. The molecule has 116 valence electrons. The Kier molecular flexibility index (Phi) is 3.93. The molecule has 0 radical (unpaired) electrons. The molecule has 1 aromatic carbocycles. The van der Waals surface area contributed by atoms with Gasteiger partial charge in [-0.1, -0.05) is 32.0 Å². The van der Waals surface area contributed by atoms with Gasteiger partial charge in [0.1, 0.15) is 5.69 Å². The van der Waals surface area contributed by atoms with Crippen LogP contribution in [0.5, 0.6) is 0 Å². The first kappa shape index (κ1) is 15.0. The van der Waals surface area contributed by atoms with Gasteiger partial charge in [0.15, 0.2) is 5.82 Å². The van der Waals surface area contributed by atoms with Crippen LogP contribution < -0.4 is 11.3 Å². The van der Waals surface area contributed by atoms with Crippen molar-refractivity contribution < 1.29 is 0 Å². The van der Waals surface area contributed by atoms with E-state index in [0.29, 0.717) is 28.8 Å². The SMILES string of the molecule is CC(C)c1ccc(-c2cc(=O)[nH]c(-c3ccccn3)n2)cc1N. The van der Waals surface area contributed by atoms with Crippen molar-refractivity contribution >= 4 is 5.69 Å². The molecule has 0 aliphatic heterocycles. The second-order valence-corrected chi connectivity index (χ2v) is 5.69. The zero-order chi connectivity index (χ0) is 16.4. The van der Waals surface area contributed by atoms with E-state index < -0.39 is 0 Å². The Bertz CT molecular complexity index is 885. The van der Waals surface area contributed by atoms with Crippen molar-refractivity contribution in [2.75, 3.05) is 5.73 Å². The molecular formula is C18H18N4O. The highest BCUT2D eigenvalue weighted by atomic mass is 16.1. The number of nitrogens with one attached hydrogen (secondary N) is 1. The molecule has 0 fully saturated rings. The quantitative estimate of drug-likeness (QED) is 0.728. The third kappa shape index (κ3) is 3.13. The molecule has 0 spiro atoms. The van der Waals surface area contributed by atoms with Crippen molar-refractivity contribution in [3.63, 3.8) is 0 Å². The number of nitrogens with two attached hydrogens (primary N) is 1. The Labute approximate surface area is 134 Å². The lowest BCUT2D eigenvalue weighted by atomic mass is 9.98. The number of H-pyrrole nitrogens is 1. The fourth-order valence-corrected chi connectivity index (χ4v) is 2.49. The van der Waals surface area contributed by atoms with Crippen LogP contribution in [0.4, 0.5) is 5.69 Å². The van der Waals surface area contributed by atoms with E-state index in [1.54, 1.807) is 12.3 Å². The first-order valence-electron chi connectivity index (χ1n) is 7.47. The Morgan fingerprint density at radius 2 is 1.91 bits per heavy atom. The topological polar surface area (TPSA) is 84.7 Å². The average Bonchev–Trinajstić information content (AvgIpc) is 2.54. The van der Waals surface area contributed by atoms with Crippen LogP contribution >= 0.6 is 0 Å². The zero-order valence-electron chi connectivity index (χ0n) is 13.1. The first-order valence-corrected chi connectivity index (χ1v) is 7.47. The molecule has 0 amide bonds. The van der Waals surface area contributed by atoms with E-state index in [2.05, 4.69) is 28.8 Å². The van der Waals surface area contributed by atoms with Crippen LogP contribution in [0, 0.1) is 0 Å². The van der Waals surface area contributed by atoms with Crippen molar-refractivity contribution in [2.24, 2.45) is 0 Å². The van der Waals surface area contributed by atoms with E-state index >= 15 is 0 Å². The van der Waals surface area contributed by atoms with E-state index in [4.69, 9.17) is 5.73 Å².